The number of benzene rings is 1. The second-order valence-corrected chi connectivity index (χ2v) is 6.80. The van der Waals surface area contributed by atoms with Crippen LogP contribution >= 0.6 is 0 Å². The number of piperazine rings is 1. The molecule has 0 bridgehead atoms. The van der Waals surface area contributed by atoms with Crippen molar-refractivity contribution in [3.05, 3.63) is 23.8 Å². The minimum Gasteiger partial charge on any atom is -0.496 e. The van der Waals surface area contributed by atoms with Gasteiger partial charge in [0.15, 0.2) is 0 Å². The molecule has 0 saturated carbocycles. The third-order valence-electron chi connectivity index (χ3n) is 3.86. The molecule has 1 aromatic rings. The van der Waals surface area contributed by atoms with Crippen LogP contribution < -0.4 is 9.47 Å². The summed E-state index contributed by atoms with van der Waals surface area (Å²) in [5.41, 5.74) is -0.132. The highest BCUT2D eigenvalue weighted by Gasteiger charge is 2.30. The molecule has 0 aromatic heterocycles. The molecule has 1 heterocycles. The zero-order valence-electron chi connectivity index (χ0n) is 15.5. The normalized spacial score (nSPS) is 14.9. The molecule has 0 spiro atoms. The number of amides is 2. The molecule has 2 amide bonds. The van der Waals surface area contributed by atoms with Crippen molar-refractivity contribution in [3.63, 3.8) is 0 Å². The first-order chi connectivity index (χ1) is 11.8. The van der Waals surface area contributed by atoms with E-state index in [0.717, 1.165) is 0 Å². The zero-order chi connectivity index (χ0) is 18.6. The molecular weight excluding hydrogens is 324 g/mol. The van der Waals surface area contributed by atoms with E-state index in [0.29, 0.717) is 43.2 Å². The van der Waals surface area contributed by atoms with Crippen molar-refractivity contribution in [2.45, 2.75) is 26.4 Å². The predicted molar refractivity (Wildman–Crippen MR) is 93.3 cm³/mol. The number of carbonyl (C=O) groups is 2. The van der Waals surface area contributed by atoms with Gasteiger partial charge in [0.25, 0.3) is 5.91 Å². The molecular formula is C18H26N2O5. The maximum atomic E-state index is 12.9. The predicted octanol–water partition coefficient (Wildman–Crippen LogP) is 2.40. The average molecular weight is 350 g/mol. The van der Waals surface area contributed by atoms with E-state index in [4.69, 9.17) is 14.2 Å². The molecule has 0 unspecified atom stereocenters. The molecule has 0 N–H and O–H groups in total. The van der Waals surface area contributed by atoms with E-state index in [1.807, 2.05) is 20.8 Å². The monoisotopic (exact) mass is 350 g/mol. The Bertz CT molecular complexity index is 609. The zero-order valence-corrected chi connectivity index (χ0v) is 15.5. The van der Waals surface area contributed by atoms with E-state index in [1.54, 1.807) is 28.0 Å². The number of nitrogens with zero attached hydrogens (tertiary/aromatic N) is 2. The maximum Gasteiger partial charge on any atom is 0.410 e. The molecule has 7 heteroatoms. The first kappa shape index (κ1) is 18.9. The van der Waals surface area contributed by atoms with Gasteiger partial charge in [0.1, 0.15) is 22.7 Å². The molecule has 2 rings (SSSR count). The fourth-order valence-electron chi connectivity index (χ4n) is 2.64. The van der Waals surface area contributed by atoms with Gasteiger partial charge in [-0.2, -0.15) is 0 Å². The van der Waals surface area contributed by atoms with E-state index >= 15 is 0 Å². The molecule has 0 radical (unpaired) electrons. The van der Waals surface area contributed by atoms with Gasteiger partial charge in [0.2, 0.25) is 0 Å². The fourth-order valence-corrected chi connectivity index (χ4v) is 2.64. The standard InChI is InChI=1S/C18H26N2O5/c1-18(2,3)25-17(22)20-11-9-19(10-12-20)16(21)15-13(23-4)7-6-8-14(15)24-5/h6-8H,9-12H2,1-5H3. The van der Waals surface area contributed by atoms with Crippen LogP contribution in [0.1, 0.15) is 31.1 Å². The lowest BCUT2D eigenvalue weighted by molar-refractivity contribution is 0.0140. The number of rotatable bonds is 3. The Hall–Kier alpha value is -2.44. The van der Waals surface area contributed by atoms with Crippen LogP contribution in [0.2, 0.25) is 0 Å². The lowest BCUT2D eigenvalue weighted by Crippen LogP contribution is -2.51. The molecule has 1 saturated heterocycles. The summed E-state index contributed by atoms with van der Waals surface area (Å²) in [6.07, 6.45) is -0.352. The highest BCUT2D eigenvalue weighted by atomic mass is 16.6. The van der Waals surface area contributed by atoms with Gasteiger partial charge in [-0.1, -0.05) is 6.07 Å². The number of carbonyl (C=O) groups excluding carboxylic acids is 2. The maximum absolute atomic E-state index is 12.9. The van der Waals surface area contributed by atoms with E-state index in [2.05, 4.69) is 0 Å². The minimum absolute atomic E-state index is 0.168. The Morgan fingerprint density at radius 3 is 1.84 bits per heavy atom. The molecule has 0 atom stereocenters. The Morgan fingerprint density at radius 1 is 0.920 bits per heavy atom. The quantitative estimate of drug-likeness (QED) is 0.837. The SMILES string of the molecule is COc1cccc(OC)c1C(=O)N1CCN(C(=O)OC(C)(C)C)CC1. The third-order valence-corrected chi connectivity index (χ3v) is 3.86. The minimum atomic E-state index is -0.533. The van der Waals surface area contributed by atoms with Crippen molar-refractivity contribution in [3.8, 4) is 11.5 Å². The topological polar surface area (TPSA) is 68.3 Å². The van der Waals surface area contributed by atoms with Gasteiger partial charge >= 0.3 is 6.09 Å². The van der Waals surface area contributed by atoms with Crippen molar-refractivity contribution < 1.29 is 23.8 Å². The van der Waals surface area contributed by atoms with Gasteiger partial charge in [0, 0.05) is 26.2 Å². The van der Waals surface area contributed by atoms with Gasteiger partial charge in [-0.3, -0.25) is 4.79 Å². The molecule has 25 heavy (non-hydrogen) atoms. The van der Waals surface area contributed by atoms with Crippen LogP contribution in [0.3, 0.4) is 0 Å². The lowest BCUT2D eigenvalue weighted by atomic mass is 10.1. The first-order valence-electron chi connectivity index (χ1n) is 8.25. The molecule has 1 aromatic carbocycles. The second-order valence-electron chi connectivity index (χ2n) is 6.80. The number of hydrogen-bond donors (Lipinski definition) is 0. The van der Waals surface area contributed by atoms with E-state index in [-0.39, 0.29) is 12.0 Å². The van der Waals surface area contributed by atoms with E-state index in [1.165, 1.54) is 14.2 Å². The number of ether oxygens (including phenoxy) is 3. The largest absolute Gasteiger partial charge is 0.496 e. The van der Waals surface area contributed by atoms with E-state index < -0.39 is 5.60 Å². The molecule has 1 aliphatic heterocycles. The highest BCUT2D eigenvalue weighted by molar-refractivity contribution is 5.99. The molecule has 1 fully saturated rings. The summed E-state index contributed by atoms with van der Waals surface area (Å²) in [6.45, 7) is 7.21. The van der Waals surface area contributed by atoms with Crippen LogP contribution in [0.4, 0.5) is 4.79 Å². The smallest absolute Gasteiger partial charge is 0.410 e. The Balaban J connectivity index is 2.06. The number of hydrogen-bond acceptors (Lipinski definition) is 5. The summed E-state index contributed by atoms with van der Waals surface area (Å²) < 4.78 is 16.0. The average Bonchev–Trinajstić information content (AvgIpc) is 2.59. The Labute approximate surface area is 148 Å². The lowest BCUT2D eigenvalue weighted by Gasteiger charge is -2.35. The number of methoxy groups -OCH3 is 2. The summed E-state index contributed by atoms with van der Waals surface area (Å²) in [7, 11) is 3.04. The van der Waals surface area contributed by atoms with Crippen LogP contribution in [0.5, 0.6) is 11.5 Å². The highest BCUT2D eigenvalue weighted by Crippen LogP contribution is 2.30. The summed E-state index contributed by atoms with van der Waals surface area (Å²) in [4.78, 5) is 28.3. The summed E-state index contributed by atoms with van der Waals surface area (Å²) >= 11 is 0. The van der Waals surface area contributed by atoms with Gasteiger partial charge < -0.3 is 24.0 Å². The van der Waals surface area contributed by atoms with Crippen molar-refractivity contribution in [2.75, 3.05) is 40.4 Å². The van der Waals surface area contributed by atoms with Crippen LogP contribution in [0.25, 0.3) is 0 Å². The van der Waals surface area contributed by atoms with Gasteiger partial charge in [-0.05, 0) is 32.9 Å². The van der Waals surface area contributed by atoms with Crippen molar-refractivity contribution in [1.29, 1.82) is 0 Å². The summed E-state index contributed by atoms with van der Waals surface area (Å²) in [5.74, 6) is 0.774. The van der Waals surface area contributed by atoms with Crippen LogP contribution in [0, 0.1) is 0 Å². The first-order valence-corrected chi connectivity index (χ1v) is 8.25. The van der Waals surface area contributed by atoms with Crippen molar-refractivity contribution in [2.24, 2.45) is 0 Å². The Morgan fingerprint density at radius 2 is 1.40 bits per heavy atom. The van der Waals surface area contributed by atoms with Crippen LogP contribution in [-0.2, 0) is 4.74 Å². The second kappa shape index (κ2) is 7.63. The summed E-state index contributed by atoms with van der Waals surface area (Å²) in [5, 5.41) is 0. The molecule has 138 valence electrons. The molecule has 1 aliphatic rings. The van der Waals surface area contributed by atoms with E-state index in [9.17, 15) is 9.59 Å². The van der Waals surface area contributed by atoms with Crippen molar-refractivity contribution in [1.82, 2.24) is 9.80 Å². The fraction of sp³-hybridized carbons (Fsp3) is 0.556. The summed E-state index contributed by atoms with van der Waals surface area (Å²) in [6, 6.07) is 5.23. The molecule has 7 nitrogen and oxygen atoms in total. The van der Waals surface area contributed by atoms with Crippen LogP contribution in [-0.4, -0.2) is 67.8 Å². The van der Waals surface area contributed by atoms with Crippen LogP contribution in [0.15, 0.2) is 18.2 Å². The van der Waals surface area contributed by atoms with Gasteiger partial charge in [0.05, 0.1) is 14.2 Å². The van der Waals surface area contributed by atoms with Gasteiger partial charge in [-0.25, -0.2) is 4.79 Å². The van der Waals surface area contributed by atoms with Crippen molar-refractivity contribution >= 4 is 12.0 Å². The van der Waals surface area contributed by atoms with Gasteiger partial charge in [-0.15, -0.1) is 0 Å². The Kier molecular flexibility index (Phi) is 5.77. The third kappa shape index (κ3) is 4.55. The molecule has 0 aliphatic carbocycles.